The summed E-state index contributed by atoms with van der Waals surface area (Å²) in [4.78, 5) is 27.3. The molecule has 1 saturated heterocycles. The van der Waals surface area contributed by atoms with Crippen LogP contribution in [0.25, 0.3) is 0 Å². The third kappa shape index (κ3) is 2.54. The van der Waals surface area contributed by atoms with Crippen molar-refractivity contribution in [2.45, 2.75) is 11.7 Å². The second-order valence-electron chi connectivity index (χ2n) is 3.78. The monoisotopic (exact) mass is 292 g/mol. The number of hydrogen-bond donors (Lipinski definition) is 1. The number of carbonyl (C=O) groups is 2. The Bertz CT molecular complexity index is 627. The van der Waals surface area contributed by atoms with Crippen LogP contribution < -0.4 is 4.90 Å². The first-order valence-electron chi connectivity index (χ1n) is 5.07. The van der Waals surface area contributed by atoms with E-state index in [4.69, 9.17) is 0 Å². The zero-order valence-corrected chi connectivity index (χ0v) is 10.5. The van der Waals surface area contributed by atoms with E-state index in [1.54, 1.807) is 0 Å². The molecule has 1 aromatic heterocycles. The first-order valence-corrected chi connectivity index (χ1v) is 6.52. The lowest BCUT2D eigenvalue weighted by Gasteiger charge is -2.09. The fourth-order valence-corrected chi connectivity index (χ4v) is 2.29. The maximum atomic E-state index is 12.8. The Hall–Kier alpha value is -2.04. The first-order chi connectivity index (χ1) is 8.82. The van der Waals surface area contributed by atoms with Crippen molar-refractivity contribution in [3.8, 4) is 0 Å². The van der Waals surface area contributed by atoms with Crippen LogP contribution in [0.15, 0.2) is 0 Å². The van der Waals surface area contributed by atoms with Gasteiger partial charge in [-0.15, -0.1) is 8.98 Å². The number of hydrogen-bond acceptors (Lipinski definition) is 7. The molecule has 1 N–H and O–H groups in total. The molecule has 0 saturated carbocycles. The second-order valence-corrected chi connectivity index (χ2v) is 5.40. The fraction of sp³-hybridized carbons (Fsp3) is 0.500. The molecule has 0 aromatic carbocycles. The molecule has 1 aromatic rings. The number of methoxy groups -OCH3 is 1. The molecule has 19 heavy (non-hydrogen) atoms. The molecule has 104 valence electrons. The highest BCUT2D eigenvalue weighted by Crippen LogP contribution is 2.23. The largest absolute Gasteiger partial charge is 0.463 e. The van der Waals surface area contributed by atoms with Crippen molar-refractivity contribution in [2.75, 3.05) is 18.6 Å². The SMILES string of the molecule is COC(=O)c1nc(N2CC(S(=O)(=O)F)CC2=O)n[nH]1. The van der Waals surface area contributed by atoms with Gasteiger partial charge >= 0.3 is 16.2 Å². The maximum Gasteiger partial charge on any atom is 0.375 e. The topological polar surface area (TPSA) is 122 Å². The molecule has 11 heteroatoms. The third-order valence-electron chi connectivity index (χ3n) is 2.58. The van der Waals surface area contributed by atoms with Gasteiger partial charge in [-0.2, -0.15) is 13.4 Å². The van der Waals surface area contributed by atoms with Crippen molar-refractivity contribution in [2.24, 2.45) is 0 Å². The van der Waals surface area contributed by atoms with Gasteiger partial charge < -0.3 is 4.74 Å². The van der Waals surface area contributed by atoms with Crippen molar-refractivity contribution in [3.05, 3.63) is 5.82 Å². The number of H-pyrrole nitrogens is 1. The van der Waals surface area contributed by atoms with Gasteiger partial charge in [-0.1, -0.05) is 0 Å². The van der Waals surface area contributed by atoms with Crippen LogP contribution in [-0.2, 0) is 19.8 Å². The van der Waals surface area contributed by atoms with Crippen molar-refractivity contribution < 1.29 is 26.6 Å². The molecule has 0 aliphatic carbocycles. The maximum absolute atomic E-state index is 12.8. The average Bonchev–Trinajstić information content (AvgIpc) is 2.93. The number of carbonyl (C=O) groups excluding carboxylic acids is 2. The molecule has 2 heterocycles. The molecule has 1 atom stereocenters. The summed E-state index contributed by atoms with van der Waals surface area (Å²) in [6.45, 7) is -0.393. The number of ether oxygens (including phenoxy) is 1. The minimum Gasteiger partial charge on any atom is -0.463 e. The number of aromatic amines is 1. The van der Waals surface area contributed by atoms with Crippen molar-refractivity contribution in [3.63, 3.8) is 0 Å². The Morgan fingerprint density at radius 1 is 1.58 bits per heavy atom. The average molecular weight is 292 g/mol. The van der Waals surface area contributed by atoms with Crippen LogP contribution in [0.5, 0.6) is 0 Å². The van der Waals surface area contributed by atoms with Gasteiger partial charge in [-0.05, 0) is 0 Å². The predicted molar refractivity (Wildman–Crippen MR) is 58.5 cm³/mol. The number of aromatic nitrogens is 3. The lowest BCUT2D eigenvalue weighted by atomic mass is 10.4. The molecule has 0 spiro atoms. The van der Waals surface area contributed by atoms with Gasteiger partial charge in [0.05, 0.1) is 7.11 Å². The summed E-state index contributed by atoms with van der Waals surface area (Å²) in [7, 11) is -3.67. The Kier molecular flexibility index (Phi) is 3.22. The van der Waals surface area contributed by atoms with E-state index in [9.17, 15) is 21.9 Å². The zero-order valence-electron chi connectivity index (χ0n) is 9.66. The number of nitrogens with zero attached hydrogens (tertiary/aromatic N) is 3. The number of anilines is 1. The van der Waals surface area contributed by atoms with E-state index >= 15 is 0 Å². The lowest BCUT2D eigenvalue weighted by molar-refractivity contribution is -0.117. The van der Waals surface area contributed by atoms with Crippen molar-refractivity contribution >= 4 is 28.0 Å². The molecule has 1 aliphatic rings. The molecule has 1 unspecified atom stereocenters. The van der Waals surface area contributed by atoms with Crippen LogP contribution in [0.2, 0.25) is 0 Å². The Morgan fingerprint density at radius 3 is 2.79 bits per heavy atom. The van der Waals surface area contributed by atoms with Crippen molar-refractivity contribution in [1.29, 1.82) is 0 Å². The summed E-state index contributed by atoms with van der Waals surface area (Å²) in [6.07, 6.45) is -0.485. The van der Waals surface area contributed by atoms with Gasteiger partial charge in [-0.25, -0.2) is 4.79 Å². The molecular weight excluding hydrogens is 283 g/mol. The summed E-state index contributed by atoms with van der Waals surface area (Å²) < 4.78 is 38.7. The number of nitrogens with one attached hydrogen (secondary N) is 1. The number of halogens is 1. The summed E-state index contributed by atoms with van der Waals surface area (Å²) in [5.41, 5.74) is 0. The molecule has 1 amide bonds. The van der Waals surface area contributed by atoms with Crippen molar-refractivity contribution in [1.82, 2.24) is 15.2 Å². The van der Waals surface area contributed by atoms with Gasteiger partial charge in [0.2, 0.25) is 11.7 Å². The van der Waals surface area contributed by atoms with E-state index in [1.165, 1.54) is 0 Å². The quantitative estimate of drug-likeness (QED) is 0.559. The Morgan fingerprint density at radius 2 is 2.26 bits per heavy atom. The van der Waals surface area contributed by atoms with Gasteiger partial charge in [0.15, 0.2) is 0 Å². The summed E-state index contributed by atoms with van der Waals surface area (Å²) in [5, 5.41) is 4.38. The molecule has 0 bridgehead atoms. The smallest absolute Gasteiger partial charge is 0.375 e. The minimum atomic E-state index is -4.81. The van der Waals surface area contributed by atoms with E-state index in [0.29, 0.717) is 0 Å². The second kappa shape index (κ2) is 4.57. The third-order valence-corrected chi connectivity index (χ3v) is 3.69. The fourth-order valence-electron chi connectivity index (χ4n) is 1.62. The minimum absolute atomic E-state index is 0.198. The highest BCUT2D eigenvalue weighted by molar-refractivity contribution is 7.87. The van der Waals surface area contributed by atoms with Crippen LogP contribution in [0.1, 0.15) is 17.0 Å². The normalized spacial score (nSPS) is 19.8. The number of amides is 1. The molecule has 0 radical (unpaired) electrons. The molecule has 2 rings (SSSR count). The summed E-state index contributed by atoms with van der Waals surface area (Å²) in [6, 6.07) is 0. The van der Waals surface area contributed by atoms with Crippen LogP contribution >= 0.6 is 0 Å². The van der Waals surface area contributed by atoms with Gasteiger partial charge in [0, 0.05) is 13.0 Å². The van der Waals surface area contributed by atoms with E-state index in [1.807, 2.05) is 0 Å². The van der Waals surface area contributed by atoms with E-state index in [0.717, 1.165) is 12.0 Å². The zero-order chi connectivity index (χ0) is 14.2. The van der Waals surface area contributed by atoms with Crippen LogP contribution in [0, 0.1) is 0 Å². The summed E-state index contributed by atoms with van der Waals surface area (Å²) >= 11 is 0. The van der Waals surface area contributed by atoms with E-state index in [-0.39, 0.29) is 11.8 Å². The first kappa shape index (κ1) is 13.4. The van der Waals surface area contributed by atoms with Crippen LogP contribution in [0.4, 0.5) is 9.83 Å². The highest BCUT2D eigenvalue weighted by atomic mass is 32.3. The Balaban J connectivity index is 2.21. The van der Waals surface area contributed by atoms with Crippen LogP contribution in [-0.4, -0.2) is 54.4 Å². The number of esters is 1. The standard InChI is InChI=1S/C8H9FN4O5S/c1-18-7(15)6-10-8(12-11-6)13-3-4(2-5(13)14)19(9,16)17/h4H,2-3H2,1H3,(H,10,11,12). The van der Waals surface area contributed by atoms with Gasteiger partial charge in [-0.3, -0.25) is 14.8 Å². The number of rotatable bonds is 3. The molecular formula is C8H9FN4O5S. The Labute approximate surface area is 107 Å². The van der Waals surface area contributed by atoms with Crippen LogP contribution in [0.3, 0.4) is 0 Å². The predicted octanol–water partition coefficient (Wildman–Crippen LogP) is -1.00. The highest BCUT2D eigenvalue weighted by Gasteiger charge is 2.40. The lowest BCUT2D eigenvalue weighted by Crippen LogP contribution is -2.28. The summed E-state index contributed by atoms with van der Waals surface area (Å²) in [5.74, 6) is -1.87. The van der Waals surface area contributed by atoms with Gasteiger partial charge in [0.1, 0.15) is 5.25 Å². The van der Waals surface area contributed by atoms with E-state index in [2.05, 4.69) is 19.9 Å². The molecule has 1 fully saturated rings. The molecule has 1 aliphatic heterocycles. The van der Waals surface area contributed by atoms with Gasteiger partial charge in [0.25, 0.3) is 5.95 Å². The molecule has 9 nitrogen and oxygen atoms in total. The van der Waals surface area contributed by atoms with E-state index < -0.39 is 40.3 Å².